The van der Waals surface area contributed by atoms with Gasteiger partial charge in [0.15, 0.2) is 0 Å². The van der Waals surface area contributed by atoms with Crippen LogP contribution in [-0.2, 0) is 6.42 Å². The van der Waals surface area contributed by atoms with Crippen LogP contribution in [0.15, 0.2) is 16.8 Å². The van der Waals surface area contributed by atoms with Gasteiger partial charge in [-0.15, -0.1) is 0 Å². The average molecular weight is 295 g/mol. The Hall–Kier alpha value is -0.380. The Balaban J connectivity index is 1.70. The average Bonchev–Trinajstić information content (AvgIpc) is 2.92. The minimum atomic E-state index is 0.577. The van der Waals surface area contributed by atoms with Gasteiger partial charge in [-0.05, 0) is 87.5 Å². The lowest BCUT2D eigenvalue weighted by Crippen LogP contribution is -2.45. The second kappa shape index (κ2) is 8.16. The molecule has 0 amide bonds. The number of likely N-dealkylation sites (tertiary alicyclic amines) is 1. The first kappa shape index (κ1) is 16.0. The van der Waals surface area contributed by atoms with Crippen LogP contribution in [0.1, 0.15) is 45.6 Å². The van der Waals surface area contributed by atoms with E-state index in [4.69, 9.17) is 0 Å². The smallest absolute Gasteiger partial charge is 0.00820 e. The number of hydrogen-bond donors (Lipinski definition) is 1. The van der Waals surface area contributed by atoms with Gasteiger partial charge in [-0.25, -0.2) is 0 Å². The summed E-state index contributed by atoms with van der Waals surface area (Å²) in [4.78, 5) is 2.62. The summed E-state index contributed by atoms with van der Waals surface area (Å²) < 4.78 is 0. The summed E-state index contributed by atoms with van der Waals surface area (Å²) in [5.41, 5.74) is 1.47. The van der Waals surface area contributed by atoms with Gasteiger partial charge in [0, 0.05) is 12.1 Å². The van der Waals surface area contributed by atoms with Gasteiger partial charge in [0.25, 0.3) is 0 Å². The molecular weight excluding hydrogens is 264 g/mol. The number of rotatable bonds is 7. The van der Waals surface area contributed by atoms with Gasteiger partial charge in [0.2, 0.25) is 0 Å². The maximum absolute atomic E-state index is 3.82. The van der Waals surface area contributed by atoms with Crippen LogP contribution in [0.2, 0.25) is 0 Å². The first-order valence-corrected chi connectivity index (χ1v) is 9.12. The fourth-order valence-electron chi connectivity index (χ4n) is 3.40. The molecule has 1 aromatic rings. The summed E-state index contributed by atoms with van der Waals surface area (Å²) in [6.45, 7) is 10.9. The molecule has 2 rings (SSSR count). The molecule has 1 fully saturated rings. The number of hydrogen-bond acceptors (Lipinski definition) is 3. The quantitative estimate of drug-likeness (QED) is 0.823. The minimum absolute atomic E-state index is 0.577. The molecule has 3 heteroatoms. The molecule has 1 aliphatic heterocycles. The highest BCUT2D eigenvalue weighted by molar-refractivity contribution is 7.07. The van der Waals surface area contributed by atoms with Crippen LogP contribution in [0.5, 0.6) is 0 Å². The van der Waals surface area contributed by atoms with Crippen molar-refractivity contribution in [2.45, 2.75) is 58.5 Å². The fourth-order valence-corrected chi connectivity index (χ4v) is 4.08. The van der Waals surface area contributed by atoms with Gasteiger partial charge < -0.3 is 10.2 Å². The van der Waals surface area contributed by atoms with Crippen LogP contribution in [0, 0.1) is 5.92 Å². The van der Waals surface area contributed by atoms with E-state index in [0.717, 1.165) is 12.3 Å². The Labute approximate surface area is 128 Å². The van der Waals surface area contributed by atoms with Crippen molar-refractivity contribution in [3.05, 3.63) is 22.4 Å². The molecule has 20 heavy (non-hydrogen) atoms. The Morgan fingerprint density at radius 2 is 2.10 bits per heavy atom. The van der Waals surface area contributed by atoms with E-state index in [2.05, 4.69) is 47.8 Å². The molecule has 1 saturated heterocycles. The highest BCUT2D eigenvalue weighted by Gasteiger charge is 2.24. The molecule has 0 radical (unpaired) electrons. The van der Waals surface area contributed by atoms with Crippen molar-refractivity contribution in [2.75, 3.05) is 19.6 Å². The van der Waals surface area contributed by atoms with E-state index in [1.807, 2.05) is 0 Å². The molecule has 2 nitrogen and oxygen atoms in total. The summed E-state index contributed by atoms with van der Waals surface area (Å²) in [5.74, 6) is 0.855. The molecule has 1 aliphatic rings. The molecule has 2 atom stereocenters. The number of thiophene rings is 1. The first-order valence-electron chi connectivity index (χ1n) is 8.18. The zero-order valence-electron chi connectivity index (χ0n) is 13.3. The van der Waals surface area contributed by atoms with E-state index >= 15 is 0 Å². The van der Waals surface area contributed by atoms with Crippen LogP contribution in [-0.4, -0.2) is 36.6 Å². The van der Waals surface area contributed by atoms with Crippen molar-refractivity contribution in [3.63, 3.8) is 0 Å². The van der Waals surface area contributed by atoms with Crippen LogP contribution in [0.3, 0.4) is 0 Å². The molecule has 0 aromatic carbocycles. The molecule has 0 spiro atoms. The van der Waals surface area contributed by atoms with Crippen molar-refractivity contribution < 1.29 is 0 Å². The molecule has 1 N–H and O–H groups in total. The molecule has 0 bridgehead atoms. The maximum Gasteiger partial charge on any atom is 0.00820 e. The Kier molecular flexibility index (Phi) is 6.53. The zero-order chi connectivity index (χ0) is 14.4. The normalized spacial score (nSPS) is 20.9. The van der Waals surface area contributed by atoms with E-state index in [0.29, 0.717) is 12.1 Å². The van der Waals surface area contributed by atoms with Crippen molar-refractivity contribution in [3.8, 4) is 0 Å². The van der Waals surface area contributed by atoms with Crippen LogP contribution in [0.25, 0.3) is 0 Å². The van der Waals surface area contributed by atoms with E-state index in [1.165, 1.54) is 44.5 Å². The molecule has 0 aliphatic carbocycles. The molecule has 1 aromatic heterocycles. The third-order valence-corrected chi connectivity index (χ3v) is 5.28. The first-order chi connectivity index (χ1) is 9.69. The third kappa shape index (κ3) is 4.87. The van der Waals surface area contributed by atoms with E-state index in [1.54, 1.807) is 11.3 Å². The molecule has 2 unspecified atom stereocenters. The molecular formula is C17H30N2S. The highest BCUT2D eigenvalue weighted by atomic mass is 32.1. The van der Waals surface area contributed by atoms with Crippen LogP contribution in [0.4, 0.5) is 0 Å². The van der Waals surface area contributed by atoms with Gasteiger partial charge in [0.1, 0.15) is 0 Å². The summed E-state index contributed by atoms with van der Waals surface area (Å²) in [6, 6.07) is 3.47. The Bertz CT molecular complexity index is 355. The Morgan fingerprint density at radius 3 is 2.70 bits per heavy atom. The third-order valence-electron chi connectivity index (χ3n) is 4.55. The topological polar surface area (TPSA) is 15.3 Å². The SMILES string of the molecule is CCCN1CCC(C(C)NC(C)Cc2ccsc2)CC1. The summed E-state index contributed by atoms with van der Waals surface area (Å²) >= 11 is 1.80. The standard InChI is InChI=1S/C17H30N2S/c1-4-8-19-9-5-17(6-10-19)15(3)18-14(2)12-16-7-11-20-13-16/h7,11,13-15,17-18H,4-6,8-10,12H2,1-3H3. The van der Waals surface area contributed by atoms with Gasteiger partial charge in [0.05, 0.1) is 0 Å². The monoisotopic (exact) mass is 294 g/mol. The summed E-state index contributed by atoms with van der Waals surface area (Å²) in [5, 5.41) is 8.27. The zero-order valence-corrected chi connectivity index (χ0v) is 14.1. The fraction of sp³-hybridized carbons (Fsp3) is 0.765. The van der Waals surface area contributed by atoms with Crippen molar-refractivity contribution in [1.82, 2.24) is 10.2 Å². The van der Waals surface area contributed by atoms with Crippen molar-refractivity contribution in [1.29, 1.82) is 0 Å². The molecule has 0 saturated carbocycles. The number of nitrogens with one attached hydrogen (secondary N) is 1. The minimum Gasteiger partial charge on any atom is -0.311 e. The largest absolute Gasteiger partial charge is 0.311 e. The lowest BCUT2D eigenvalue weighted by molar-refractivity contribution is 0.159. The van der Waals surface area contributed by atoms with E-state index in [-0.39, 0.29) is 0 Å². The molecule has 114 valence electrons. The number of nitrogens with zero attached hydrogens (tertiary/aromatic N) is 1. The lowest BCUT2D eigenvalue weighted by Gasteiger charge is -2.36. The van der Waals surface area contributed by atoms with Crippen LogP contribution >= 0.6 is 11.3 Å². The predicted octanol–water partition coefficient (Wildman–Crippen LogP) is 3.78. The van der Waals surface area contributed by atoms with Crippen molar-refractivity contribution >= 4 is 11.3 Å². The van der Waals surface area contributed by atoms with Crippen molar-refractivity contribution in [2.24, 2.45) is 5.92 Å². The van der Waals surface area contributed by atoms with Crippen LogP contribution < -0.4 is 5.32 Å². The summed E-state index contributed by atoms with van der Waals surface area (Å²) in [7, 11) is 0. The van der Waals surface area contributed by atoms with Gasteiger partial charge in [-0.2, -0.15) is 11.3 Å². The lowest BCUT2D eigenvalue weighted by atomic mass is 9.89. The van der Waals surface area contributed by atoms with Gasteiger partial charge in [-0.3, -0.25) is 0 Å². The predicted molar refractivity (Wildman–Crippen MR) is 89.5 cm³/mol. The number of piperidine rings is 1. The Morgan fingerprint density at radius 1 is 1.35 bits per heavy atom. The second-order valence-corrected chi connectivity index (χ2v) is 7.15. The second-order valence-electron chi connectivity index (χ2n) is 6.37. The summed E-state index contributed by atoms with van der Waals surface area (Å²) in [6.07, 6.45) is 5.16. The van der Waals surface area contributed by atoms with E-state index < -0.39 is 0 Å². The van der Waals surface area contributed by atoms with Gasteiger partial charge >= 0.3 is 0 Å². The maximum atomic E-state index is 3.82. The molecule has 2 heterocycles. The van der Waals surface area contributed by atoms with E-state index in [9.17, 15) is 0 Å². The van der Waals surface area contributed by atoms with Gasteiger partial charge in [-0.1, -0.05) is 6.92 Å². The highest BCUT2D eigenvalue weighted by Crippen LogP contribution is 2.21.